The standard InChI is InChI=1S/C10H7BrCl2FN3/c1-17(2)9-4-3-5(12)6(11)7(14)8(4)15-10(13)16-9/h3H,1-2H3. The first-order chi connectivity index (χ1) is 7.91. The highest BCUT2D eigenvalue weighted by atomic mass is 79.9. The molecular weight excluding hydrogens is 332 g/mol. The van der Waals surface area contributed by atoms with Crippen molar-refractivity contribution in [3.05, 3.63) is 26.7 Å². The maximum atomic E-state index is 14.0. The zero-order valence-electron chi connectivity index (χ0n) is 8.93. The maximum Gasteiger partial charge on any atom is 0.225 e. The fourth-order valence-electron chi connectivity index (χ4n) is 1.47. The smallest absolute Gasteiger partial charge is 0.225 e. The molecule has 1 heterocycles. The molecule has 0 amide bonds. The molecule has 0 atom stereocenters. The molecule has 0 saturated carbocycles. The minimum absolute atomic E-state index is 0.00526. The van der Waals surface area contributed by atoms with Gasteiger partial charge in [0.2, 0.25) is 5.28 Å². The minimum Gasteiger partial charge on any atom is -0.362 e. The van der Waals surface area contributed by atoms with Crippen LogP contribution in [0.15, 0.2) is 10.5 Å². The van der Waals surface area contributed by atoms with Crippen LogP contribution in [0, 0.1) is 5.82 Å². The Morgan fingerprint density at radius 3 is 2.53 bits per heavy atom. The highest BCUT2D eigenvalue weighted by molar-refractivity contribution is 9.10. The molecule has 0 fully saturated rings. The van der Waals surface area contributed by atoms with Crippen molar-refractivity contribution in [2.45, 2.75) is 0 Å². The quantitative estimate of drug-likeness (QED) is 0.583. The Morgan fingerprint density at radius 1 is 1.29 bits per heavy atom. The Labute approximate surface area is 116 Å². The summed E-state index contributed by atoms with van der Waals surface area (Å²) in [6, 6.07) is 1.61. The maximum absolute atomic E-state index is 14.0. The average Bonchev–Trinajstić information content (AvgIpc) is 2.26. The first-order valence-electron chi connectivity index (χ1n) is 4.60. The predicted molar refractivity (Wildman–Crippen MR) is 71.5 cm³/mol. The van der Waals surface area contributed by atoms with Crippen molar-refractivity contribution in [2.75, 3.05) is 19.0 Å². The van der Waals surface area contributed by atoms with Crippen LogP contribution in [0.4, 0.5) is 10.2 Å². The van der Waals surface area contributed by atoms with Crippen LogP contribution in [0.1, 0.15) is 0 Å². The fourth-order valence-corrected chi connectivity index (χ4v) is 2.13. The molecule has 2 rings (SSSR count). The predicted octanol–water partition coefficient (Wildman–Crippen LogP) is 3.90. The molecule has 3 nitrogen and oxygen atoms in total. The molecule has 0 aliphatic carbocycles. The van der Waals surface area contributed by atoms with E-state index in [0.29, 0.717) is 11.2 Å². The van der Waals surface area contributed by atoms with E-state index in [2.05, 4.69) is 25.9 Å². The molecule has 0 saturated heterocycles. The van der Waals surface area contributed by atoms with Gasteiger partial charge in [-0.25, -0.2) is 9.37 Å². The third kappa shape index (κ3) is 2.19. The van der Waals surface area contributed by atoms with E-state index in [1.807, 2.05) is 0 Å². The Kier molecular flexibility index (Phi) is 3.43. The van der Waals surface area contributed by atoms with Crippen LogP contribution < -0.4 is 4.90 Å². The van der Waals surface area contributed by atoms with E-state index >= 15 is 0 Å². The summed E-state index contributed by atoms with van der Waals surface area (Å²) in [5.74, 6) is -0.0202. The van der Waals surface area contributed by atoms with E-state index in [9.17, 15) is 4.39 Å². The van der Waals surface area contributed by atoms with E-state index in [1.54, 1.807) is 25.1 Å². The van der Waals surface area contributed by atoms with Crippen LogP contribution in [0.5, 0.6) is 0 Å². The lowest BCUT2D eigenvalue weighted by Gasteiger charge is -2.15. The second kappa shape index (κ2) is 4.55. The van der Waals surface area contributed by atoms with E-state index in [4.69, 9.17) is 23.2 Å². The molecule has 1 aromatic carbocycles. The van der Waals surface area contributed by atoms with Gasteiger partial charge >= 0.3 is 0 Å². The second-order valence-electron chi connectivity index (χ2n) is 3.59. The van der Waals surface area contributed by atoms with Gasteiger partial charge in [-0.2, -0.15) is 4.98 Å². The summed E-state index contributed by atoms with van der Waals surface area (Å²) in [5, 5.41) is 0.781. The van der Waals surface area contributed by atoms with Gasteiger partial charge in [0.25, 0.3) is 0 Å². The number of fused-ring (bicyclic) bond motifs is 1. The normalized spacial score (nSPS) is 10.9. The van der Waals surface area contributed by atoms with Crippen molar-refractivity contribution in [2.24, 2.45) is 0 Å². The molecule has 0 aliphatic rings. The third-order valence-corrected chi connectivity index (χ3v) is 3.67. The lowest BCUT2D eigenvalue weighted by Crippen LogP contribution is -2.12. The number of hydrogen-bond acceptors (Lipinski definition) is 3. The molecule has 2 aromatic rings. The molecule has 7 heteroatoms. The molecule has 0 aliphatic heterocycles. The van der Waals surface area contributed by atoms with Crippen molar-refractivity contribution in [3.8, 4) is 0 Å². The number of rotatable bonds is 1. The highest BCUT2D eigenvalue weighted by Crippen LogP contribution is 2.35. The van der Waals surface area contributed by atoms with Gasteiger partial charge in [-0.15, -0.1) is 0 Å². The lowest BCUT2D eigenvalue weighted by atomic mass is 10.2. The SMILES string of the molecule is CN(C)c1nc(Cl)nc2c(F)c(Br)c(Cl)cc12. The molecule has 1 aromatic heterocycles. The second-order valence-corrected chi connectivity index (χ2v) is 5.13. The molecule has 17 heavy (non-hydrogen) atoms. The first kappa shape index (κ1) is 12.8. The largest absolute Gasteiger partial charge is 0.362 e. The van der Waals surface area contributed by atoms with Crippen molar-refractivity contribution < 1.29 is 4.39 Å². The number of aromatic nitrogens is 2. The summed E-state index contributed by atoms with van der Waals surface area (Å²) in [6.07, 6.45) is 0. The van der Waals surface area contributed by atoms with Crippen LogP contribution in [0.25, 0.3) is 10.9 Å². The Hall–Kier alpha value is -0.650. The minimum atomic E-state index is -0.542. The van der Waals surface area contributed by atoms with Crippen molar-refractivity contribution in [3.63, 3.8) is 0 Å². The van der Waals surface area contributed by atoms with Crippen LogP contribution >= 0.6 is 39.1 Å². The van der Waals surface area contributed by atoms with Gasteiger partial charge in [0, 0.05) is 19.5 Å². The van der Waals surface area contributed by atoms with Crippen LogP contribution in [0.3, 0.4) is 0 Å². The first-order valence-corrected chi connectivity index (χ1v) is 6.14. The summed E-state index contributed by atoms with van der Waals surface area (Å²) in [5.41, 5.74) is 0.143. The average molecular weight is 339 g/mol. The number of benzene rings is 1. The van der Waals surface area contributed by atoms with E-state index < -0.39 is 5.82 Å². The Balaban J connectivity index is 2.94. The van der Waals surface area contributed by atoms with E-state index in [0.717, 1.165) is 0 Å². The third-order valence-electron chi connectivity index (χ3n) is 2.20. The lowest BCUT2D eigenvalue weighted by molar-refractivity contribution is 0.630. The van der Waals surface area contributed by atoms with Gasteiger partial charge in [0.1, 0.15) is 11.3 Å². The van der Waals surface area contributed by atoms with Gasteiger partial charge in [-0.05, 0) is 33.6 Å². The summed E-state index contributed by atoms with van der Waals surface area (Å²) < 4.78 is 14.2. The molecule has 0 radical (unpaired) electrons. The Bertz CT molecular complexity index is 604. The van der Waals surface area contributed by atoms with Gasteiger partial charge in [-0.3, -0.25) is 0 Å². The number of hydrogen-bond donors (Lipinski definition) is 0. The topological polar surface area (TPSA) is 29.0 Å². The molecule has 0 unspecified atom stereocenters. The van der Waals surface area contributed by atoms with Gasteiger partial charge < -0.3 is 4.90 Å². The number of nitrogens with zero attached hydrogens (tertiary/aromatic N) is 3. The zero-order valence-corrected chi connectivity index (χ0v) is 12.0. The monoisotopic (exact) mass is 337 g/mol. The molecular formula is C10H7BrCl2FN3. The summed E-state index contributed by atoms with van der Waals surface area (Å²) in [7, 11) is 3.57. The highest BCUT2D eigenvalue weighted by Gasteiger charge is 2.16. The Morgan fingerprint density at radius 2 is 1.94 bits per heavy atom. The summed E-state index contributed by atoms with van der Waals surface area (Å²) in [4.78, 5) is 9.66. The van der Waals surface area contributed by atoms with Gasteiger partial charge in [-0.1, -0.05) is 11.6 Å². The van der Waals surface area contributed by atoms with Gasteiger partial charge in [0.05, 0.1) is 9.50 Å². The van der Waals surface area contributed by atoms with Crippen molar-refractivity contribution in [1.29, 1.82) is 0 Å². The summed E-state index contributed by atoms with van der Waals surface area (Å²) >= 11 is 14.7. The van der Waals surface area contributed by atoms with Crippen LogP contribution in [0.2, 0.25) is 10.3 Å². The molecule has 0 spiro atoms. The van der Waals surface area contributed by atoms with Crippen molar-refractivity contribution in [1.82, 2.24) is 9.97 Å². The zero-order chi connectivity index (χ0) is 12.7. The number of anilines is 1. The van der Waals surface area contributed by atoms with Gasteiger partial charge in [0.15, 0.2) is 5.82 Å². The fraction of sp³-hybridized carbons (Fsp3) is 0.200. The van der Waals surface area contributed by atoms with Crippen LogP contribution in [-0.2, 0) is 0 Å². The van der Waals surface area contributed by atoms with Crippen molar-refractivity contribution >= 4 is 55.9 Å². The van der Waals surface area contributed by atoms with E-state index in [-0.39, 0.29) is 20.3 Å². The molecule has 90 valence electrons. The van der Waals surface area contributed by atoms with Crippen LogP contribution in [-0.4, -0.2) is 24.1 Å². The van der Waals surface area contributed by atoms with E-state index in [1.165, 1.54) is 0 Å². The molecule has 0 N–H and O–H groups in total. The molecule has 0 bridgehead atoms. The number of halogens is 4. The summed E-state index contributed by atoms with van der Waals surface area (Å²) in [6.45, 7) is 0.